The van der Waals surface area contributed by atoms with Crippen LogP contribution in [0.1, 0.15) is 27.0 Å². The van der Waals surface area contributed by atoms with Crippen LogP contribution in [-0.2, 0) is 6.54 Å². The predicted octanol–water partition coefficient (Wildman–Crippen LogP) is 2.56. The van der Waals surface area contributed by atoms with E-state index >= 15 is 0 Å². The summed E-state index contributed by atoms with van der Waals surface area (Å²) in [5, 5.41) is 2.90. The number of carbonyl (C=O) groups is 1. The maximum Gasteiger partial charge on any atom is 0.251 e. The van der Waals surface area contributed by atoms with Gasteiger partial charge in [-0.2, -0.15) is 0 Å². The Balaban J connectivity index is 2.04. The lowest BCUT2D eigenvalue weighted by atomic mass is 10.1. The third-order valence-corrected chi connectivity index (χ3v) is 2.60. The summed E-state index contributed by atoms with van der Waals surface area (Å²) in [5.74, 6) is -0.0296. The van der Waals surface area contributed by atoms with E-state index in [1.54, 1.807) is 0 Å². The lowest BCUT2D eigenvalue weighted by molar-refractivity contribution is 0.0951. The van der Waals surface area contributed by atoms with Crippen molar-refractivity contribution in [2.75, 3.05) is 0 Å². The van der Waals surface area contributed by atoms with Crippen LogP contribution in [0.25, 0.3) is 0 Å². The Bertz CT molecular complexity index is 495. The Hall–Kier alpha value is -2.03. The summed E-state index contributed by atoms with van der Waals surface area (Å²) in [6.07, 6.45) is 3.72. The fourth-order valence-corrected chi connectivity index (χ4v) is 1.86. The van der Waals surface area contributed by atoms with E-state index in [9.17, 15) is 4.79 Å². The summed E-state index contributed by atoms with van der Waals surface area (Å²) < 4.78 is 0. The number of hydrogen-bond acceptors (Lipinski definition) is 1. The van der Waals surface area contributed by atoms with Crippen LogP contribution in [0.4, 0.5) is 0 Å². The van der Waals surface area contributed by atoms with Crippen molar-refractivity contribution in [1.82, 2.24) is 10.3 Å². The number of benzene rings is 1. The first kappa shape index (κ1) is 11.5. The monoisotopic (exact) mass is 228 g/mol. The van der Waals surface area contributed by atoms with Crippen LogP contribution in [0.3, 0.4) is 0 Å². The average Bonchev–Trinajstić information content (AvgIpc) is 2.77. The minimum Gasteiger partial charge on any atom is -0.367 e. The molecule has 0 atom stereocenters. The second-order valence-corrected chi connectivity index (χ2v) is 4.28. The highest BCUT2D eigenvalue weighted by Crippen LogP contribution is 2.09. The number of aryl methyl sites for hydroxylation is 2. The molecule has 0 saturated heterocycles. The van der Waals surface area contributed by atoms with Crippen molar-refractivity contribution in [3.63, 3.8) is 0 Å². The first-order valence-corrected chi connectivity index (χ1v) is 5.63. The van der Waals surface area contributed by atoms with E-state index in [1.807, 2.05) is 44.4 Å². The molecule has 88 valence electrons. The zero-order chi connectivity index (χ0) is 12.3. The van der Waals surface area contributed by atoms with Crippen molar-refractivity contribution < 1.29 is 4.79 Å². The van der Waals surface area contributed by atoms with E-state index in [-0.39, 0.29) is 5.91 Å². The van der Waals surface area contributed by atoms with E-state index in [0.29, 0.717) is 6.54 Å². The lowest BCUT2D eigenvalue weighted by Gasteiger charge is -2.06. The van der Waals surface area contributed by atoms with Crippen molar-refractivity contribution in [3.05, 3.63) is 58.9 Å². The summed E-state index contributed by atoms with van der Waals surface area (Å²) in [6, 6.07) is 7.81. The molecule has 0 fully saturated rings. The van der Waals surface area contributed by atoms with Crippen molar-refractivity contribution >= 4 is 5.91 Å². The molecule has 17 heavy (non-hydrogen) atoms. The molecule has 0 bridgehead atoms. The largest absolute Gasteiger partial charge is 0.367 e. The Kier molecular flexibility index (Phi) is 3.28. The Morgan fingerprint density at radius 1 is 1.24 bits per heavy atom. The number of rotatable bonds is 3. The SMILES string of the molecule is Cc1cc(C)cc(C(=O)NCc2cc[nH]c2)c1. The first-order chi connectivity index (χ1) is 8.15. The summed E-state index contributed by atoms with van der Waals surface area (Å²) >= 11 is 0. The molecule has 0 unspecified atom stereocenters. The zero-order valence-electron chi connectivity index (χ0n) is 10.1. The third-order valence-electron chi connectivity index (χ3n) is 2.60. The van der Waals surface area contributed by atoms with Crippen molar-refractivity contribution in [2.24, 2.45) is 0 Å². The minimum absolute atomic E-state index is 0.0296. The highest BCUT2D eigenvalue weighted by atomic mass is 16.1. The van der Waals surface area contributed by atoms with Gasteiger partial charge in [-0.25, -0.2) is 0 Å². The molecule has 3 nitrogen and oxygen atoms in total. The summed E-state index contributed by atoms with van der Waals surface area (Å²) in [4.78, 5) is 14.9. The Morgan fingerprint density at radius 3 is 2.53 bits per heavy atom. The van der Waals surface area contributed by atoms with E-state index in [1.165, 1.54) is 0 Å². The number of H-pyrrole nitrogens is 1. The van der Waals surface area contributed by atoms with Gasteiger partial charge in [0, 0.05) is 24.5 Å². The smallest absolute Gasteiger partial charge is 0.251 e. The molecule has 1 amide bonds. The van der Waals surface area contributed by atoms with Crippen molar-refractivity contribution in [1.29, 1.82) is 0 Å². The molecular weight excluding hydrogens is 212 g/mol. The van der Waals surface area contributed by atoms with Gasteiger partial charge < -0.3 is 10.3 Å². The zero-order valence-corrected chi connectivity index (χ0v) is 10.1. The number of nitrogens with one attached hydrogen (secondary N) is 2. The molecule has 2 N–H and O–H groups in total. The number of carbonyl (C=O) groups excluding carboxylic acids is 1. The minimum atomic E-state index is -0.0296. The van der Waals surface area contributed by atoms with Crippen LogP contribution in [0.2, 0.25) is 0 Å². The van der Waals surface area contributed by atoms with Gasteiger partial charge in [0.25, 0.3) is 5.91 Å². The van der Waals surface area contributed by atoms with Gasteiger partial charge in [-0.05, 0) is 37.6 Å². The Labute approximate surface area is 101 Å². The number of aromatic amines is 1. The predicted molar refractivity (Wildman–Crippen MR) is 67.9 cm³/mol. The highest BCUT2D eigenvalue weighted by Gasteiger charge is 2.06. The molecule has 2 rings (SSSR count). The lowest BCUT2D eigenvalue weighted by Crippen LogP contribution is -2.22. The molecule has 2 aromatic rings. The highest BCUT2D eigenvalue weighted by molar-refractivity contribution is 5.94. The van der Waals surface area contributed by atoms with E-state index in [2.05, 4.69) is 16.4 Å². The molecule has 3 heteroatoms. The first-order valence-electron chi connectivity index (χ1n) is 5.63. The summed E-state index contributed by atoms with van der Waals surface area (Å²) in [5.41, 5.74) is 4.01. The second kappa shape index (κ2) is 4.87. The van der Waals surface area contributed by atoms with Gasteiger partial charge in [-0.15, -0.1) is 0 Å². The molecule has 1 aromatic heterocycles. The van der Waals surface area contributed by atoms with E-state index in [4.69, 9.17) is 0 Å². The molecule has 0 radical (unpaired) electrons. The second-order valence-electron chi connectivity index (χ2n) is 4.28. The number of amides is 1. The maximum absolute atomic E-state index is 11.9. The molecular formula is C14H16N2O. The molecule has 0 spiro atoms. The average molecular weight is 228 g/mol. The quantitative estimate of drug-likeness (QED) is 0.833. The Morgan fingerprint density at radius 2 is 1.94 bits per heavy atom. The topological polar surface area (TPSA) is 44.9 Å². The number of hydrogen-bond donors (Lipinski definition) is 2. The standard InChI is InChI=1S/C14H16N2O/c1-10-5-11(2)7-13(6-10)14(17)16-9-12-3-4-15-8-12/h3-8,15H,9H2,1-2H3,(H,16,17). The fourth-order valence-electron chi connectivity index (χ4n) is 1.86. The van der Waals surface area contributed by atoms with Gasteiger partial charge in [0.2, 0.25) is 0 Å². The molecule has 0 saturated carbocycles. The normalized spacial score (nSPS) is 10.2. The van der Waals surface area contributed by atoms with Gasteiger partial charge >= 0.3 is 0 Å². The van der Waals surface area contributed by atoms with Crippen LogP contribution < -0.4 is 5.32 Å². The van der Waals surface area contributed by atoms with Crippen LogP contribution in [0, 0.1) is 13.8 Å². The fraction of sp³-hybridized carbons (Fsp3) is 0.214. The molecule has 0 aliphatic heterocycles. The maximum atomic E-state index is 11.9. The van der Waals surface area contributed by atoms with E-state index < -0.39 is 0 Å². The molecule has 1 heterocycles. The van der Waals surface area contributed by atoms with E-state index in [0.717, 1.165) is 22.3 Å². The van der Waals surface area contributed by atoms with Crippen LogP contribution in [0.15, 0.2) is 36.7 Å². The van der Waals surface area contributed by atoms with Gasteiger partial charge in [0.1, 0.15) is 0 Å². The third kappa shape index (κ3) is 2.97. The van der Waals surface area contributed by atoms with Gasteiger partial charge in [0.15, 0.2) is 0 Å². The summed E-state index contributed by atoms with van der Waals surface area (Å²) in [7, 11) is 0. The van der Waals surface area contributed by atoms with Gasteiger partial charge in [0.05, 0.1) is 0 Å². The van der Waals surface area contributed by atoms with Crippen molar-refractivity contribution in [3.8, 4) is 0 Å². The molecule has 0 aliphatic carbocycles. The van der Waals surface area contributed by atoms with Gasteiger partial charge in [-0.3, -0.25) is 4.79 Å². The van der Waals surface area contributed by atoms with Gasteiger partial charge in [-0.1, -0.05) is 17.2 Å². The molecule has 0 aliphatic rings. The summed E-state index contributed by atoms with van der Waals surface area (Å²) in [6.45, 7) is 4.54. The van der Waals surface area contributed by atoms with Crippen molar-refractivity contribution in [2.45, 2.75) is 20.4 Å². The van der Waals surface area contributed by atoms with Crippen LogP contribution in [0.5, 0.6) is 0 Å². The van der Waals surface area contributed by atoms with Crippen LogP contribution in [-0.4, -0.2) is 10.9 Å². The number of aromatic nitrogens is 1. The molecule has 1 aromatic carbocycles. The van der Waals surface area contributed by atoms with Crippen LogP contribution >= 0.6 is 0 Å².